The predicted octanol–water partition coefficient (Wildman–Crippen LogP) is 3.02. The molecule has 140 valence electrons. The van der Waals surface area contributed by atoms with Crippen LogP contribution in [0.2, 0.25) is 0 Å². The van der Waals surface area contributed by atoms with Crippen LogP contribution in [0.25, 0.3) is 0 Å². The van der Waals surface area contributed by atoms with Crippen LogP contribution in [0.4, 0.5) is 4.79 Å². The molecule has 2 fully saturated rings. The van der Waals surface area contributed by atoms with Crippen LogP contribution < -0.4 is 16.0 Å². The van der Waals surface area contributed by atoms with Crippen molar-refractivity contribution in [3.8, 4) is 0 Å². The van der Waals surface area contributed by atoms with Gasteiger partial charge in [0.2, 0.25) is 0 Å². The molecule has 1 unspecified atom stereocenters. The highest BCUT2D eigenvalue weighted by molar-refractivity contribution is 14.0. The average Bonchev–Trinajstić information content (AvgIpc) is 3.37. The Morgan fingerprint density at radius 1 is 1.17 bits per heavy atom. The molecule has 0 heterocycles. The smallest absolute Gasteiger partial charge is 0.407 e. The number of amides is 1. The normalized spacial score (nSPS) is 19.8. The number of carbonyl (C=O) groups is 1. The molecule has 0 radical (unpaired) electrons. The number of guanidine groups is 1. The van der Waals surface area contributed by atoms with Gasteiger partial charge < -0.3 is 20.7 Å². The van der Waals surface area contributed by atoms with E-state index in [0.717, 1.165) is 12.5 Å². The number of halogens is 1. The van der Waals surface area contributed by atoms with Gasteiger partial charge in [0.15, 0.2) is 5.96 Å². The summed E-state index contributed by atoms with van der Waals surface area (Å²) in [5.74, 6) is 1.41. The first-order chi connectivity index (χ1) is 11.2. The monoisotopic (exact) mass is 452 g/mol. The summed E-state index contributed by atoms with van der Waals surface area (Å²) in [5, 5.41) is 9.82. The van der Waals surface area contributed by atoms with Crippen LogP contribution in [-0.2, 0) is 4.74 Å². The van der Waals surface area contributed by atoms with Crippen LogP contribution in [-0.4, -0.2) is 43.8 Å². The van der Waals surface area contributed by atoms with E-state index in [0.29, 0.717) is 25.1 Å². The Balaban J connectivity index is 0.00000288. The summed E-state index contributed by atoms with van der Waals surface area (Å²) in [5.41, 5.74) is 0. The van der Waals surface area contributed by atoms with Gasteiger partial charge >= 0.3 is 6.09 Å². The van der Waals surface area contributed by atoms with E-state index < -0.39 is 0 Å². The standard InChI is InChI=1S/C17H32N4O2.HI/c1-3-18-16(20-14-8-6-5-7-9-14)19-12-15(13-10-11-13)21-17(22)23-4-2;/h13-15H,3-12H2,1-2H3,(H,21,22)(H2,18,19,20);1H. The SMILES string of the molecule is CCNC(=NCC(NC(=O)OCC)C1CC1)NC1CCCCC1.I. The van der Waals surface area contributed by atoms with Crippen molar-refractivity contribution in [2.45, 2.75) is 70.9 Å². The van der Waals surface area contributed by atoms with Gasteiger partial charge in [-0.05, 0) is 45.4 Å². The lowest BCUT2D eigenvalue weighted by atomic mass is 9.96. The number of alkyl carbamates (subject to hydrolysis) is 1. The van der Waals surface area contributed by atoms with Gasteiger partial charge in [0.1, 0.15) is 0 Å². The van der Waals surface area contributed by atoms with Crippen LogP contribution in [0.15, 0.2) is 4.99 Å². The fourth-order valence-electron chi connectivity index (χ4n) is 3.09. The molecule has 24 heavy (non-hydrogen) atoms. The molecule has 2 aliphatic rings. The van der Waals surface area contributed by atoms with Crippen molar-refractivity contribution in [1.82, 2.24) is 16.0 Å². The molecule has 0 aliphatic heterocycles. The highest BCUT2D eigenvalue weighted by Gasteiger charge is 2.32. The van der Waals surface area contributed by atoms with E-state index in [1.165, 1.54) is 44.9 Å². The predicted molar refractivity (Wildman–Crippen MR) is 108 cm³/mol. The third-order valence-electron chi connectivity index (χ3n) is 4.51. The van der Waals surface area contributed by atoms with Crippen molar-refractivity contribution in [2.75, 3.05) is 19.7 Å². The van der Waals surface area contributed by atoms with Crippen LogP contribution in [0.5, 0.6) is 0 Å². The first kappa shape index (κ1) is 21.3. The average molecular weight is 452 g/mol. The van der Waals surface area contributed by atoms with Gasteiger partial charge in [-0.2, -0.15) is 0 Å². The van der Waals surface area contributed by atoms with Crippen molar-refractivity contribution in [3.63, 3.8) is 0 Å². The molecule has 1 amide bonds. The van der Waals surface area contributed by atoms with E-state index in [1.807, 2.05) is 6.92 Å². The van der Waals surface area contributed by atoms with Crippen molar-refractivity contribution in [3.05, 3.63) is 0 Å². The van der Waals surface area contributed by atoms with Crippen molar-refractivity contribution in [1.29, 1.82) is 0 Å². The number of hydrogen-bond acceptors (Lipinski definition) is 3. The summed E-state index contributed by atoms with van der Waals surface area (Å²) >= 11 is 0. The molecule has 6 nitrogen and oxygen atoms in total. The van der Waals surface area contributed by atoms with E-state index in [9.17, 15) is 4.79 Å². The molecule has 0 aromatic heterocycles. The van der Waals surface area contributed by atoms with E-state index in [4.69, 9.17) is 9.73 Å². The zero-order valence-corrected chi connectivity index (χ0v) is 17.3. The molecule has 2 rings (SSSR count). The Kier molecular flexibility index (Phi) is 10.4. The Hall–Kier alpha value is -0.730. The largest absolute Gasteiger partial charge is 0.450 e. The number of aliphatic imine (C=N–C) groups is 1. The minimum atomic E-state index is -0.329. The molecule has 0 aromatic carbocycles. The minimum Gasteiger partial charge on any atom is -0.450 e. The van der Waals surface area contributed by atoms with Gasteiger partial charge in [-0.1, -0.05) is 19.3 Å². The highest BCUT2D eigenvalue weighted by atomic mass is 127. The number of rotatable bonds is 7. The summed E-state index contributed by atoms with van der Waals surface area (Å²) in [4.78, 5) is 16.4. The minimum absolute atomic E-state index is 0. The zero-order valence-electron chi connectivity index (χ0n) is 15.0. The molecule has 2 saturated carbocycles. The van der Waals surface area contributed by atoms with Gasteiger partial charge in [-0.25, -0.2) is 4.79 Å². The molecule has 0 saturated heterocycles. The van der Waals surface area contributed by atoms with E-state index in [1.54, 1.807) is 0 Å². The maximum absolute atomic E-state index is 11.7. The summed E-state index contributed by atoms with van der Waals surface area (Å²) in [7, 11) is 0. The second kappa shape index (κ2) is 11.8. The molecule has 3 N–H and O–H groups in total. The maximum atomic E-state index is 11.7. The molecule has 7 heteroatoms. The fraction of sp³-hybridized carbons (Fsp3) is 0.882. The molecule has 1 atom stereocenters. The molecule has 0 spiro atoms. The molecular formula is C17H33IN4O2. The van der Waals surface area contributed by atoms with Crippen LogP contribution >= 0.6 is 24.0 Å². The summed E-state index contributed by atoms with van der Waals surface area (Å²) < 4.78 is 5.00. The van der Waals surface area contributed by atoms with Gasteiger partial charge in [0, 0.05) is 12.6 Å². The summed E-state index contributed by atoms with van der Waals surface area (Å²) in [6.45, 7) is 5.75. The lowest BCUT2D eigenvalue weighted by molar-refractivity contribution is 0.147. The van der Waals surface area contributed by atoms with Crippen molar-refractivity contribution < 1.29 is 9.53 Å². The molecule has 0 bridgehead atoms. The number of nitrogens with one attached hydrogen (secondary N) is 3. The molecule has 2 aliphatic carbocycles. The fourth-order valence-corrected chi connectivity index (χ4v) is 3.09. The maximum Gasteiger partial charge on any atom is 0.407 e. The lowest BCUT2D eigenvalue weighted by Crippen LogP contribution is -2.45. The van der Waals surface area contributed by atoms with E-state index >= 15 is 0 Å². The lowest BCUT2D eigenvalue weighted by Gasteiger charge is -2.25. The van der Waals surface area contributed by atoms with Crippen LogP contribution in [0.1, 0.15) is 58.8 Å². The third-order valence-corrected chi connectivity index (χ3v) is 4.51. The Morgan fingerprint density at radius 2 is 1.88 bits per heavy atom. The van der Waals surface area contributed by atoms with Gasteiger partial charge in [0.25, 0.3) is 0 Å². The van der Waals surface area contributed by atoms with Crippen molar-refractivity contribution in [2.24, 2.45) is 10.9 Å². The second-order valence-electron chi connectivity index (χ2n) is 6.51. The number of hydrogen-bond donors (Lipinski definition) is 3. The summed E-state index contributed by atoms with van der Waals surface area (Å²) in [6.07, 6.45) is 8.38. The Bertz CT molecular complexity index is 396. The van der Waals surface area contributed by atoms with Crippen molar-refractivity contribution >= 4 is 36.0 Å². The quantitative estimate of drug-likeness (QED) is 0.316. The first-order valence-electron chi connectivity index (χ1n) is 9.21. The first-order valence-corrected chi connectivity index (χ1v) is 9.21. The molecular weight excluding hydrogens is 419 g/mol. The Morgan fingerprint density at radius 3 is 2.46 bits per heavy atom. The Labute approximate surface area is 163 Å². The van der Waals surface area contributed by atoms with Gasteiger partial charge in [-0.15, -0.1) is 24.0 Å². The topological polar surface area (TPSA) is 74.8 Å². The third kappa shape index (κ3) is 7.90. The van der Waals surface area contributed by atoms with Gasteiger partial charge in [-0.3, -0.25) is 4.99 Å². The zero-order chi connectivity index (χ0) is 16.5. The second-order valence-corrected chi connectivity index (χ2v) is 6.51. The number of ether oxygens (including phenoxy) is 1. The van der Waals surface area contributed by atoms with E-state index in [-0.39, 0.29) is 36.1 Å². The number of nitrogens with zero attached hydrogens (tertiary/aromatic N) is 1. The van der Waals surface area contributed by atoms with Crippen LogP contribution in [0.3, 0.4) is 0 Å². The highest BCUT2D eigenvalue weighted by Crippen LogP contribution is 2.32. The number of carbonyl (C=O) groups excluding carboxylic acids is 1. The summed E-state index contributed by atoms with van der Waals surface area (Å²) in [6, 6.07) is 0.606. The van der Waals surface area contributed by atoms with E-state index in [2.05, 4.69) is 22.9 Å². The van der Waals surface area contributed by atoms with Gasteiger partial charge in [0.05, 0.1) is 19.2 Å². The van der Waals surface area contributed by atoms with Crippen LogP contribution in [0, 0.1) is 5.92 Å². The molecule has 0 aromatic rings.